The Morgan fingerprint density at radius 3 is 2.18 bits per heavy atom. The molecular weight excluding hydrogens is 266 g/mol. The molecule has 1 heterocycles. The van der Waals surface area contributed by atoms with E-state index in [1.807, 2.05) is 40.0 Å². The first-order valence-electron chi connectivity index (χ1n) is 8.75. The number of hydrogen-bond acceptors (Lipinski definition) is 1. The van der Waals surface area contributed by atoms with E-state index in [0.717, 1.165) is 5.69 Å². The van der Waals surface area contributed by atoms with Crippen molar-refractivity contribution in [2.75, 3.05) is 0 Å². The third-order valence-corrected chi connectivity index (χ3v) is 3.48. The molecule has 0 bridgehead atoms. The average Bonchev–Trinajstić information content (AvgIpc) is 2.59. The van der Waals surface area contributed by atoms with Crippen LogP contribution < -0.4 is 0 Å². The number of hydrogen-bond donors (Lipinski definition) is 0. The molecule has 22 heavy (non-hydrogen) atoms. The second kappa shape index (κ2) is 12.0. The van der Waals surface area contributed by atoms with Gasteiger partial charge >= 0.3 is 0 Å². The van der Waals surface area contributed by atoms with Crippen molar-refractivity contribution < 1.29 is 0 Å². The Labute approximate surface area is 137 Å². The van der Waals surface area contributed by atoms with Gasteiger partial charge < -0.3 is 0 Å². The molecule has 2 aromatic rings. The Balaban J connectivity index is 0.00000102. The van der Waals surface area contributed by atoms with Gasteiger partial charge in [0.05, 0.1) is 5.69 Å². The zero-order chi connectivity index (χ0) is 17.0. The summed E-state index contributed by atoms with van der Waals surface area (Å²) in [4.78, 5) is 4.55. The number of pyridine rings is 1. The summed E-state index contributed by atoms with van der Waals surface area (Å²) in [7, 11) is 0. The highest BCUT2D eigenvalue weighted by Crippen LogP contribution is 2.31. The van der Waals surface area contributed by atoms with Crippen LogP contribution in [-0.4, -0.2) is 4.98 Å². The van der Waals surface area contributed by atoms with Crippen LogP contribution in [0.5, 0.6) is 0 Å². The Bertz CT molecular complexity index is 517. The first-order valence-corrected chi connectivity index (χ1v) is 8.75. The van der Waals surface area contributed by atoms with E-state index in [4.69, 9.17) is 0 Å². The smallest absolute Gasteiger partial charge is 0.0733 e. The molecule has 0 radical (unpaired) electrons. The van der Waals surface area contributed by atoms with E-state index >= 15 is 0 Å². The number of aromatic nitrogens is 1. The normalized spacial score (nSPS) is 10.7. The zero-order valence-electron chi connectivity index (χ0n) is 15.5. The van der Waals surface area contributed by atoms with Gasteiger partial charge in [0.2, 0.25) is 0 Å². The van der Waals surface area contributed by atoms with Crippen molar-refractivity contribution in [2.45, 2.75) is 67.2 Å². The van der Waals surface area contributed by atoms with E-state index in [1.165, 1.54) is 29.5 Å². The van der Waals surface area contributed by atoms with E-state index in [2.05, 4.69) is 56.1 Å². The van der Waals surface area contributed by atoms with E-state index in [1.54, 1.807) is 0 Å². The van der Waals surface area contributed by atoms with Crippen LogP contribution in [0.1, 0.15) is 71.4 Å². The largest absolute Gasteiger partial charge is 0.256 e. The molecule has 0 aliphatic rings. The summed E-state index contributed by atoms with van der Waals surface area (Å²) in [6.45, 7) is 14.7. The average molecular weight is 300 g/mol. The summed E-state index contributed by atoms with van der Waals surface area (Å²) in [6.07, 6.45) is 4.32. The predicted molar refractivity (Wildman–Crippen MR) is 100 cm³/mol. The van der Waals surface area contributed by atoms with E-state index in [9.17, 15) is 0 Å². The van der Waals surface area contributed by atoms with Gasteiger partial charge in [-0.3, -0.25) is 4.98 Å². The molecule has 122 valence electrons. The fourth-order valence-electron chi connectivity index (χ4n) is 2.50. The van der Waals surface area contributed by atoms with Crippen LogP contribution in [-0.2, 0) is 0 Å². The minimum Gasteiger partial charge on any atom is -0.256 e. The highest BCUT2D eigenvalue weighted by atomic mass is 14.7. The molecule has 0 fully saturated rings. The SMILES string of the molecule is CC.CC.CCCC(C)c1ccccc1-c1ncccc1C. The van der Waals surface area contributed by atoms with Crippen LogP contribution in [0.4, 0.5) is 0 Å². The maximum Gasteiger partial charge on any atom is 0.0733 e. The number of rotatable bonds is 4. The molecular formula is C21H33N. The number of nitrogens with zero attached hydrogens (tertiary/aromatic N) is 1. The molecule has 0 N–H and O–H groups in total. The summed E-state index contributed by atoms with van der Waals surface area (Å²) < 4.78 is 0. The molecule has 1 unspecified atom stereocenters. The zero-order valence-corrected chi connectivity index (χ0v) is 15.5. The Kier molecular flexibility index (Phi) is 11.1. The fraction of sp³-hybridized carbons (Fsp3) is 0.476. The first-order chi connectivity index (χ1) is 10.7. The molecule has 0 aliphatic heterocycles. The van der Waals surface area contributed by atoms with Gasteiger partial charge in [0.15, 0.2) is 0 Å². The van der Waals surface area contributed by atoms with Crippen molar-refractivity contribution in [1.29, 1.82) is 0 Å². The molecule has 0 saturated heterocycles. The van der Waals surface area contributed by atoms with Crippen LogP contribution in [0, 0.1) is 6.92 Å². The van der Waals surface area contributed by atoms with Gasteiger partial charge in [-0.15, -0.1) is 0 Å². The minimum atomic E-state index is 0.590. The summed E-state index contributed by atoms with van der Waals surface area (Å²) >= 11 is 0. The predicted octanol–water partition coefficient (Wildman–Crippen LogP) is 7.01. The highest BCUT2D eigenvalue weighted by molar-refractivity contribution is 5.67. The minimum absolute atomic E-state index is 0.590. The van der Waals surface area contributed by atoms with Gasteiger partial charge in [0.1, 0.15) is 0 Å². The maximum absolute atomic E-state index is 4.55. The van der Waals surface area contributed by atoms with Crippen molar-refractivity contribution in [2.24, 2.45) is 0 Å². The lowest BCUT2D eigenvalue weighted by molar-refractivity contribution is 0.666. The second-order valence-corrected chi connectivity index (χ2v) is 4.95. The number of aryl methyl sites for hydroxylation is 1. The van der Waals surface area contributed by atoms with Gasteiger partial charge in [-0.25, -0.2) is 0 Å². The topological polar surface area (TPSA) is 12.9 Å². The molecule has 1 aromatic carbocycles. The molecule has 1 nitrogen and oxygen atoms in total. The molecule has 0 spiro atoms. The fourth-order valence-corrected chi connectivity index (χ4v) is 2.50. The first kappa shape index (κ1) is 20.4. The summed E-state index contributed by atoms with van der Waals surface area (Å²) in [5, 5.41) is 0. The van der Waals surface area contributed by atoms with E-state index < -0.39 is 0 Å². The summed E-state index contributed by atoms with van der Waals surface area (Å²) in [5.74, 6) is 0.590. The Morgan fingerprint density at radius 1 is 0.955 bits per heavy atom. The number of benzene rings is 1. The molecule has 0 aliphatic carbocycles. The van der Waals surface area contributed by atoms with Crippen LogP contribution >= 0.6 is 0 Å². The van der Waals surface area contributed by atoms with Crippen LogP contribution in [0.15, 0.2) is 42.6 Å². The van der Waals surface area contributed by atoms with Gasteiger partial charge in [-0.2, -0.15) is 0 Å². The highest BCUT2D eigenvalue weighted by Gasteiger charge is 2.12. The van der Waals surface area contributed by atoms with Crippen LogP contribution in [0.2, 0.25) is 0 Å². The van der Waals surface area contributed by atoms with Crippen molar-refractivity contribution in [3.63, 3.8) is 0 Å². The quantitative estimate of drug-likeness (QED) is 0.591. The lowest BCUT2D eigenvalue weighted by atomic mass is 9.90. The third-order valence-electron chi connectivity index (χ3n) is 3.48. The summed E-state index contributed by atoms with van der Waals surface area (Å²) in [6, 6.07) is 12.8. The third kappa shape index (κ3) is 5.63. The van der Waals surface area contributed by atoms with Gasteiger partial charge in [-0.05, 0) is 36.5 Å². The maximum atomic E-state index is 4.55. The van der Waals surface area contributed by atoms with Crippen molar-refractivity contribution in [3.8, 4) is 11.3 Å². The lowest BCUT2D eigenvalue weighted by Gasteiger charge is -2.16. The lowest BCUT2D eigenvalue weighted by Crippen LogP contribution is -1.98. The van der Waals surface area contributed by atoms with Crippen LogP contribution in [0.3, 0.4) is 0 Å². The molecule has 1 atom stereocenters. The van der Waals surface area contributed by atoms with Crippen molar-refractivity contribution >= 4 is 0 Å². The second-order valence-electron chi connectivity index (χ2n) is 4.95. The Morgan fingerprint density at radius 2 is 1.59 bits per heavy atom. The molecule has 0 saturated carbocycles. The molecule has 0 amide bonds. The van der Waals surface area contributed by atoms with Gasteiger partial charge in [0.25, 0.3) is 0 Å². The Hall–Kier alpha value is -1.63. The molecule has 1 aromatic heterocycles. The van der Waals surface area contributed by atoms with E-state index in [-0.39, 0.29) is 0 Å². The van der Waals surface area contributed by atoms with Crippen LogP contribution in [0.25, 0.3) is 11.3 Å². The van der Waals surface area contributed by atoms with E-state index in [0.29, 0.717) is 5.92 Å². The standard InChI is InChI=1S/C17H21N.2C2H6/c1-4-8-13(2)15-10-5-6-11-16(15)17-14(3)9-7-12-18-17;2*1-2/h5-7,9-13H,4,8H2,1-3H3;2*1-2H3. The monoisotopic (exact) mass is 299 g/mol. The summed E-state index contributed by atoms with van der Waals surface area (Å²) in [5.41, 5.74) is 5.07. The van der Waals surface area contributed by atoms with Crippen molar-refractivity contribution in [3.05, 3.63) is 53.7 Å². The van der Waals surface area contributed by atoms with Crippen molar-refractivity contribution in [1.82, 2.24) is 4.98 Å². The van der Waals surface area contributed by atoms with Gasteiger partial charge in [0, 0.05) is 11.8 Å². The van der Waals surface area contributed by atoms with Gasteiger partial charge in [-0.1, -0.05) is 78.3 Å². The molecule has 2 rings (SSSR count). The molecule has 1 heteroatoms.